The Balaban J connectivity index is 2.40. The molecule has 0 aliphatic rings. The third kappa shape index (κ3) is 6.89. The van der Waals surface area contributed by atoms with Crippen LogP contribution in [0, 0.1) is 0 Å². The topological polar surface area (TPSA) is 85.4 Å². The summed E-state index contributed by atoms with van der Waals surface area (Å²) in [6.45, 7) is 6.84. The molecule has 0 atom stereocenters. The van der Waals surface area contributed by atoms with Crippen molar-refractivity contribution in [3.8, 4) is 0 Å². The van der Waals surface area contributed by atoms with Crippen LogP contribution in [0.25, 0.3) is 0 Å². The van der Waals surface area contributed by atoms with Crippen LogP contribution in [-0.4, -0.2) is 42.2 Å². The van der Waals surface area contributed by atoms with Gasteiger partial charge in [0.25, 0.3) is 0 Å². The van der Waals surface area contributed by atoms with Gasteiger partial charge in [-0.1, -0.05) is 0 Å². The van der Waals surface area contributed by atoms with Gasteiger partial charge < -0.3 is 14.8 Å². The lowest BCUT2D eigenvalue weighted by molar-refractivity contribution is 0.0635. The first-order chi connectivity index (χ1) is 9.40. The molecule has 112 valence electrons. The predicted octanol–water partition coefficient (Wildman–Crippen LogP) is 2.27. The number of methoxy groups -OCH3 is 1. The zero-order valence-corrected chi connectivity index (χ0v) is 12.4. The van der Waals surface area contributed by atoms with Crippen molar-refractivity contribution in [2.24, 2.45) is 0 Å². The van der Waals surface area contributed by atoms with Crippen LogP contribution in [0.2, 0.25) is 0 Å². The van der Waals surface area contributed by atoms with Gasteiger partial charge in [-0.15, -0.1) is 10.2 Å². The van der Waals surface area contributed by atoms with Gasteiger partial charge in [-0.2, -0.15) is 0 Å². The number of hydrogen-bond acceptors (Lipinski definition) is 6. The van der Waals surface area contributed by atoms with Crippen LogP contribution in [0.15, 0.2) is 12.1 Å². The Morgan fingerprint density at radius 3 is 2.45 bits per heavy atom. The van der Waals surface area contributed by atoms with Gasteiger partial charge in [-0.3, -0.25) is 5.32 Å². The number of rotatable bonds is 6. The van der Waals surface area contributed by atoms with Gasteiger partial charge in [0.05, 0.1) is 0 Å². The molecule has 0 aliphatic carbocycles. The number of nitrogens with zero attached hydrogens (tertiary/aromatic N) is 2. The van der Waals surface area contributed by atoms with E-state index in [9.17, 15) is 4.79 Å². The van der Waals surface area contributed by atoms with Gasteiger partial charge in [0.2, 0.25) is 0 Å². The normalized spacial score (nSPS) is 11.0. The molecular weight excluding hydrogens is 260 g/mol. The van der Waals surface area contributed by atoms with Gasteiger partial charge in [0, 0.05) is 20.3 Å². The van der Waals surface area contributed by atoms with Crippen molar-refractivity contribution in [3.05, 3.63) is 12.1 Å². The van der Waals surface area contributed by atoms with Crippen LogP contribution in [0.3, 0.4) is 0 Å². The van der Waals surface area contributed by atoms with E-state index in [0.717, 1.165) is 13.0 Å². The molecule has 1 heterocycles. The van der Waals surface area contributed by atoms with Crippen molar-refractivity contribution >= 4 is 17.7 Å². The average Bonchev–Trinajstić information content (AvgIpc) is 2.34. The zero-order chi connectivity index (χ0) is 15.0. The van der Waals surface area contributed by atoms with Crippen molar-refractivity contribution in [3.63, 3.8) is 0 Å². The molecule has 2 N–H and O–H groups in total. The van der Waals surface area contributed by atoms with Gasteiger partial charge in [0.1, 0.15) is 11.4 Å². The lowest BCUT2D eigenvalue weighted by atomic mass is 10.2. The second-order valence-electron chi connectivity index (χ2n) is 5.20. The first-order valence-electron chi connectivity index (χ1n) is 6.47. The number of carbonyl (C=O) groups excluding carboxylic acids is 1. The highest BCUT2D eigenvalue weighted by Gasteiger charge is 2.16. The Bertz CT molecular complexity index is 415. The summed E-state index contributed by atoms with van der Waals surface area (Å²) in [7, 11) is 1.66. The summed E-state index contributed by atoms with van der Waals surface area (Å²) in [5.41, 5.74) is -0.541. The number of carbonyl (C=O) groups is 1. The molecule has 0 saturated carbocycles. The number of ether oxygens (including phenoxy) is 2. The number of hydrogen-bond donors (Lipinski definition) is 2. The van der Waals surface area contributed by atoms with Gasteiger partial charge in [0.15, 0.2) is 5.82 Å². The molecule has 0 saturated heterocycles. The summed E-state index contributed by atoms with van der Waals surface area (Å²) < 4.78 is 10.1. The first-order valence-corrected chi connectivity index (χ1v) is 6.47. The van der Waals surface area contributed by atoms with E-state index in [-0.39, 0.29) is 0 Å². The maximum atomic E-state index is 11.5. The van der Waals surface area contributed by atoms with Gasteiger partial charge in [-0.25, -0.2) is 4.79 Å². The summed E-state index contributed by atoms with van der Waals surface area (Å²) in [5.74, 6) is 0.998. The number of anilines is 2. The molecule has 1 aromatic rings. The minimum Gasteiger partial charge on any atom is -0.444 e. The molecule has 0 radical (unpaired) electrons. The fourth-order valence-corrected chi connectivity index (χ4v) is 1.33. The molecule has 0 aromatic carbocycles. The van der Waals surface area contributed by atoms with E-state index in [1.165, 1.54) is 0 Å². The largest absolute Gasteiger partial charge is 0.444 e. The van der Waals surface area contributed by atoms with E-state index < -0.39 is 11.7 Å². The standard InChI is InChI=1S/C13H22N4O3/c1-13(2,3)20-12(18)15-11-7-6-10(16-17-11)14-8-5-9-19-4/h6-7H,5,8-9H2,1-4H3,(H,14,16)(H,15,17,18). The molecule has 0 spiro atoms. The third-order valence-electron chi connectivity index (χ3n) is 2.12. The highest BCUT2D eigenvalue weighted by Crippen LogP contribution is 2.10. The fraction of sp³-hybridized carbons (Fsp3) is 0.615. The molecule has 20 heavy (non-hydrogen) atoms. The monoisotopic (exact) mass is 282 g/mol. The van der Waals surface area contributed by atoms with E-state index in [1.54, 1.807) is 40.0 Å². The van der Waals surface area contributed by atoms with Crippen molar-refractivity contribution in [1.82, 2.24) is 10.2 Å². The molecule has 7 heteroatoms. The van der Waals surface area contributed by atoms with E-state index >= 15 is 0 Å². The molecule has 0 unspecified atom stereocenters. The SMILES string of the molecule is COCCCNc1ccc(NC(=O)OC(C)(C)C)nn1. The summed E-state index contributed by atoms with van der Waals surface area (Å²) in [6.07, 6.45) is 0.336. The van der Waals surface area contributed by atoms with E-state index in [0.29, 0.717) is 18.2 Å². The molecule has 0 aliphatic heterocycles. The number of aromatic nitrogens is 2. The maximum absolute atomic E-state index is 11.5. The minimum atomic E-state index is -0.549. The summed E-state index contributed by atoms with van der Waals surface area (Å²) in [6, 6.07) is 3.40. The van der Waals surface area contributed by atoms with Gasteiger partial charge >= 0.3 is 6.09 Å². The average molecular weight is 282 g/mol. The number of nitrogens with one attached hydrogen (secondary N) is 2. The molecule has 1 amide bonds. The lowest BCUT2D eigenvalue weighted by Gasteiger charge is -2.19. The van der Waals surface area contributed by atoms with Crippen molar-refractivity contribution < 1.29 is 14.3 Å². The minimum absolute atomic E-state index is 0.349. The molecule has 1 rings (SSSR count). The lowest BCUT2D eigenvalue weighted by Crippen LogP contribution is -2.27. The molecular formula is C13H22N4O3. The van der Waals surface area contributed by atoms with Crippen molar-refractivity contribution in [2.75, 3.05) is 30.9 Å². The molecule has 1 aromatic heterocycles. The molecule has 7 nitrogen and oxygen atoms in total. The van der Waals surface area contributed by atoms with Crippen LogP contribution in [0.1, 0.15) is 27.2 Å². The van der Waals surface area contributed by atoms with Crippen LogP contribution >= 0.6 is 0 Å². The molecule has 0 bridgehead atoms. The second kappa shape index (κ2) is 7.64. The predicted molar refractivity (Wildman–Crippen MR) is 76.9 cm³/mol. The van der Waals surface area contributed by atoms with Crippen LogP contribution in [-0.2, 0) is 9.47 Å². The summed E-state index contributed by atoms with van der Waals surface area (Å²) >= 11 is 0. The highest BCUT2D eigenvalue weighted by molar-refractivity contribution is 5.83. The fourth-order valence-electron chi connectivity index (χ4n) is 1.33. The van der Waals surface area contributed by atoms with E-state index in [2.05, 4.69) is 20.8 Å². The van der Waals surface area contributed by atoms with Crippen molar-refractivity contribution in [2.45, 2.75) is 32.8 Å². The maximum Gasteiger partial charge on any atom is 0.413 e. The Kier molecular flexibility index (Phi) is 6.17. The van der Waals surface area contributed by atoms with Crippen LogP contribution in [0.5, 0.6) is 0 Å². The molecule has 0 fully saturated rings. The first kappa shape index (κ1) is 16.2. The zero-order valence-electron chi connectivity index (χ0n) is 12.4. The summed E-state index contributed by atoms with van der Waals surface area (Å²) in [5, 5.41) is 13.5. The van der Waals surface area contributed by atoms with Crippen LogP contribution in [0.4, 0.5) is 16.4 Å². The van der Waals surface area contributed by atoms with Crippen LogP contribution < -0.4 is 10.6 Å². The smallest absolute Gasteiger partial charge is 0.413 e. The Morgan fingerprint density at radius 2 is 1.90 bits per heavy atom. The second-order valence-corrected chi connectivity index (χ2v) is 5.20. The highest BCUT2D eigenvalue weighted by atomic mass is 16.6. The Labute approximate surface area is 119 Å². The third-order valence-corrected chi connectivity index (χ3v) is 2.12. The Hall–Kier alpha value is -1.89. The summed E-state index contributed by atoms with van der Waals surface area (Å²) in [4.78, 5) is 11.5. The quantitative estimate of drug-likeness (QED) is 0.778. The van der Waals surface area contributed by atoms with Gasteiger partial charge in [-0.05, 0) is 39.3 Å². The van der Waals surface area contributed by atoms with E-state index in [1.807, 2.05) is 0 Å². The Morgan fingerprint density at radius 1 is 1.25 bits per heavy atom. The van der Waals surface area contributed by atoms with E-state index in [4.69, 9.17) is 9.47 Å². The number of amides is 1. The van der Waals surface area contributed by atoms with Crippen molar-refractivity contribution in [1.29, 1.82) is 0 Å².